The van der Waals surface area contributed by atoms with E-state index in [0.717, 1.165) is 57.8 Å². The number of aliphatic hydroxyl groups is 3. The Hall–Kier alpha value is -1.79. The first-order valence-electron chi connectivity index (χ1n) is 23.2. The number of rotatable bonds is 38. The molecule has 56 heavy (non-hydrogen) atoms. The zero-order valence-corrected chi connectivity index (χ0v) is 36.0. The third-order valence-electron chi connectivity index (χ3n) is 10.8. The Kier molecular flexibility index (Phi) is 33.9. The van der Waals surface area contributed by atoms with Crippen molar-refractivity contribution in [2.45, 2.75) is 250 Å². The summed E-state index contributed by atoms with van der Waals surface area (Å²) in [4.78, 5) is 38.0. The van der Waals surface area contributed by atoms with Gasteiger partial charge in [0, 0.05) is 25.8 Å². The number of carbonyl (C=O) groups is 3. The van der Waals surface area contributed by atoms with Crippen molar-refractivity contribution < 1.29 is 48.7 Å². The van der Waals surface area contributed by atoms with Gasteiger partial charge in [-0.3, -0.25) is 14.4 Å². The fourth-order valence-electron chi connectivity index (χ4n) is 7.10. The molecule has 1 fully saturated rings. The van der Waals surface area contributed by atoms with E-state index < -0.39 is 42.8 Å². The normalized spacial score (nSPS) is 20.1. The molecule has 0 unspecified atom stereocenters. The highest BCUT2D eigenvalue weighted by molar-refractivity contribution is 5.75. The van der Waals surface area contributed by atoms with Crippen molar-refractivity contribution in [3.05, 3.63) is 0 Å². The highest BCUT2D eigenvalue weighted by Crippen LogP contribution is 2.23. The van der Waals surface area contributed by atoms with Crippen LogP contribution in [0.15, 0.2) is 0 Å². The minimum Gasteiger partial charge on any atom is -0.462 e. The lowest BCUT2D eigenvalue weighted by atomic mass is 9.98. The molecule has 0 aromatic heterocycles. The van der Waals surface area contributed by atoms with Crippen LogP contribution in [0, 0.1) is 0 Å². The highest BCUT2D eigenvalue weighted by atomic mass is 16.7. The van der Waals surface area contributed by atoms with Crippen LogP contribution in [0.1, 0.15) is 213 Å². The second-order valence-electron chi connectivity index (χ2n) is 16.2. The molecule has 4 N–H and O–H groups in total. The fourth-order valence-corrected chi connectivity index (χ4v) is 7.10. The zero-order chi connectivity index (χ0) is 41.1. The minimum atomic E-state index is -1.59. The van der Waals surface area contributed by atoms with Crippen LogP contribution in [0.2, 0.25) is 0 Å². The largest absolute Gasteiger partial charge is 0.462 e. The van der Waals surface area contributed by atoms with Gasteiger partial charge < -0.3 is 39.6 Å². The Balaban J connectivity index is 2.59. The maximum absolute atomic E-state index is 12.8. The Morgan fingerprint density at radius 2 is 0.929 bits per heavy atom. The van der Waals surface area contributed by atoms with Crippen LogP contribution in [0.4, 0.5) is 0 Å². The average Bonchev–Trinajstić information content (AvgIpc) is 3.19. The molecule has 0 bridgehead atoms. The van der Waals surface area contributed by atoms with Gasteiger partial charge in [-0.15, -0.1) is 0 Å². The van der Waals surface area contributed by atoms with Gasteiger partial charge >= 0.3 is 11.9 Å². The number of unbranched alkanes of at least 4 members (excludes halogenated alkanes) is 24. The SMILES string of the molecule is CCCCCCCCCCCC(=O)NC[C@H]1O[C@H](OC[C@@H](COC(=O)CCCCCCCCCCC)OC(=O)CCCCCCCCCCC)[C@H](O)[C@@H](O)[C@@H]1O. The Morgan fingerprint density at radius 1 is 0.518 bits per heavy atom. The summed E-state index contributed by atoms with van der Waals surface area (Å²) in [5.41, 5.74) is 0. The molecular formula is C45H85NO10. The first kappa shape index (κ1) is 52.2. The van der Waals surface area contributed by atoms with Crippen LogP contribution in [0.5, 0.6) is 0 Å². The van der Waals surface area contributed by atoms with Crippen LogP contribution in [0.25, 0.3) is 0 Å². The quantitative estimate of drug-likeness (QED) is 0.0350. The van der Waals surface area contributed by atoms with Crippen LogP contribution in [-0.4, -0.2) is 89.7 Å². The Bertz CT molecular complexity index is 952. The van der Waals surface area contributed by atoms with Crippen LogP contribution < -0.4 is 5.32 Å². The van der Waals surface area contributed by atoms with Crippen molar-refractivity contribution in [1.82, 2.24) is 5.32 Å². The topological polar surface area (TPSA) is 161 Å². The first-order chi connectivity index (χ1) is 27.2. The standard InChI is InChI=1S/C45H85NO10/c1-4-7-10-13-16-19-22-25-28-31-39(47)46-34-38-42(50)43(51)44(52)45(56-38)54-36-37(55-41(49)33-30-27-24-21-18-15-12-9-6-3)35-53-40(48)32-29-26-23-20-17-14-11-8-5-2/h37-38,42-45,50-52H,4-36H2,1-3H3,(H,46,47)/t37-,38-,42-,43+,44-,45+/m1/s1. The van der Waals surface area contributed by atoms with Crippen molar-refractivity contribution in [3.8, 4) is 0 Å². The molecule has 0 saturated carbocycles. The molecule has 11 heteroatoms. The summed E-state index contributed by atoms with van der Waals surface area (Å²) < 4.78 is 22.8. The average molecular weight is 800 g/mol. The van der Waals surface area contributed by atoms with Crippen LogP contribution in [-0.2, 0) is 33.3 Å². The summed E-state index contributed by atoms with van der Waals surface area (Å²) in [5, 5.41) is 34.7. The van der Waals surface area contributed by atoms with Gasteiger partial charge in [-0.1, -0.05) is 175 Å². The predicted octanol–water partition coefficient (Wildman–Crippen LogP) is 9.14. The number of carbonyl (C=O) groups excluding carboxylic acids is 3. The lowest BCUT2D eigenvalue weighted by Gasteiger charge is -2.40. The second kappa shape index (κ2) is 36.3. The van der Waals surface area contributed by atoms with Crippen molar-refractivity contribution in [1.29, 1.82) is 0 Å². The number of nitrogens with one attached hydrogen (secondary N) is 1. The van der Waals surface area contributed by atoms with Gasteiger partial charge in [0.15, 0.2) is 12.4 Å². The summed E-state index contributed by atoms with van der Waals surface area (Å²) in [6.07, 6.45) is 23.5. The molecule has 11 nitrogen and oxygen atoms in total. The summed E-state index contributed by atoms with van der Waals surface area (Å²) in [6.45, 7) is 6.07. The zero-order valence-electron chi connectivity index (χ0n) is 36.0. The van der Waals surface area contributed by atoms with Crippen molar-refractivity contribution in [3.63, 3.8) is 0 Å². The van der Waals surface area contributed by atoms with Crippen molar-refractivity contribution in [2.75, 3.05) is 19.8 Å². The lowest BCUT2D eigenvalue weighted by Crippen LogP contribution is -2.60. The molecule has 0 aliphatic carbocycles. The molecule has 330 valence electrons. The van der Waals surface area contributed by atoms with E-state index in [1.165, 1.54) is 109 Å². The third-order valence-corrected chi connectivity index (χ3v) is 10.8. The van der Waals surface area contributed by atoms with E-state index in [1.807, 2.05) is 0 Å². The maximum atomic E-state index is 12.8. The number of esters is 2. The molecule has 1 saturated heterocycles. The second-order valence-corrected chi connectivity index (χ2v) is 16.2. The lowest BCUT2D eigenvalue weighted by molar-refractivity contribution is -0.299. The molecule has 1 rings (SSSR count). The third kappa shape index (κ3) is 27.8. The Labute approximate surface area is 341 Å². The molecule has 0 aromatic rings. The molecule has 1 aliphatic heterocycles. The number of amides is 1. The van der Waals surface area contributed by atoms with E-state index in [9.17, 15) is 29.7 Å². The summed E-state index contributed by atoms with van der Waals surface area (Å²) >= 11 is 0. The monoisotopic (exact) mass is 800 g/mol. The number of hydrogen-bond donors (Lipinski definition) is 4. The van der Waals surface area contributed by atoms with Crippen molar-refractivity contribution in [2.24, 2.45) is 0 Å². The van der Waals surface area contributed by atoms with E-state index in [1.54, 1.807) is 0 Å². The first-order valence-corrected chi connectivity index (χ1v) is 23.2. The van der Waals surface area contributed by atoms with Gasteiger partial charge in [-0.2, -0.15) is 0 Å². The van der Waals surface area contributed by atoms with E-state index in [0.29, 0.717) is 12.8 Å². The number of ether oxygens (including phenoxy) is 4. The minimum absolute atomic E-state index is 0.0747. The molecule has 6 atom stereocenters. The van der Waals surface area contributed by atoms with Crippen molar-refractivity contribution >= 4 is 17.8 Å². The molecule has 1 amide bonds. The summed E-state index contributed by atoms with van der Waals surface area (Å²) in [6, 6.07) is 0. The van der Waals surface area contributed by atoms with Gasteiger partial charge in [-0.25, -0.2) is 0 Å². The molecule has 0 aromatic carbocycles. The molecule has 0 radical (unpaired) electrons. The molecular weight excluding hydrogens is 714 g/mol. The van der Waals surface area contributed by atoms with E-state index in [4.69, 9.17) is 18.9 Å². The summed E-state index contributed by atoms with van der Waals surface area (Å²) in [7, 11) is 0. The smallest absolute Gasteiger partial charge is 0.306 e. The number of hydrogen-bond acceptors (Lipinski definition) is 10. The molecule has 1 heterocycles. The van der Waals surface area contributed by atoms with Gasteiger partial charge in [0.2, 0.25) is 5.91 Å². The fraction of sp³-hybridized carbons (Fsp3) is 0.933. The van der Waals surface area contributed by atoms with Gasteiger partial charge in [-0.05, 0) is 19.3 Å². The Morgan fingerprint density at radius 3 is 1.39 bits per heavy atom. The van der Waals surface area contributed by atoms with E-state index in [-0.39, 0.29) is 44.5 Å². The molecule has 0 spiro atoms. The number of aliphatic hydroxyl groups excluding tert-OH is 3. The van der Waals surface area contributed by atoms with Crippen LogP contribution >= 0.6 is 0 Å². The van der Waals surface area contributed by atoms with Crippen LogP contribution in [0.3, 0.4) is 0 Å². The highest BCUT2D eigenvalue weighted by Gasteiger charge is 2.44. The van der Waals surface area contributed by atoms with Gasteiger partial charge in [0.25, 0.3) is 0 Å². The van der Waals surface area contributed by atoms with E-state index >= 15 is 0 Å². The predicted molar refractivity (Wildman–Crippen MR) is 222 cm³/mol. The molecule has 1 aliphatic rings. The maximum Gasteiger partial charge on any atom is 0.306 e. The van der Waals surface area contributed by atoms with Gasteiger partial charge in [0.1, 0.15) is 31.0 Å². The van der Waals surface area contributed by atoms with Gasteiger partial charge in [0.05, 0.1) is 6.61 Å². The summed E-state index contributed by atoms with van der Waals surface area (Å²) in [5.74, 6) is -0.978. The van der Waals surface area contributed by atoms with E-state index in [2.05, 4.69) is 26.1 Å².